The first-order chi connectivity index (χ1) is 8.75. The zero-order chi connectivity index (χ0) is 12.8. The number of aliphatic hydroxyl groups is 1. The van der Waals surface area contributed by atoms with Gasteiger partial charge in [0.15, 0.2) is 0 Å². The molecular weight excluding hydrogens is 224 g/mol. The molecule has 100 valence electrons. The standard InChI is InChI=1S/C16H24O2/c1-13-8-10-14(11-9-13)16(17)12-18-15-6-4-2-3-5-7-15/h8-11,15-17H,2-7,12H2,1H3. The molecule has 1 aliphatic carbocycles. The molecule has 0 spiro atoms. The van der Waals surface area contributed by atoms with Crippen LogP contribution >= 0.6 is 0 Å². The fraction of sp³-hybridized carbons (Fsp3) is 0.625. The molecule has 1 aromatic rings. The third kappa shape index (κ3) is 4.11. The van der Waals surface area contributed by atoms with Crippen molar-refractivity contribution in [2.75, 3.05) is 6.61 Å². The summed E-state index contributed by atoms with van der Waals surface area (Å²) in [7, 11) is 0. The van der Waals surface area contributed by atoms with Crippen molar-refractivity contribution in [2.45, 2.75) is 57.7 Å². The number of aliphatic hydroxyl groups excluding tert-OH is 1. The summed E-state index contributed by atoms with van der Waals surface area (Å²) in [5.41, 5.74) is 2.17. The van der Waals surface area contributed by atoms with Gasteiger partial charge in [0.2, 0.25) is 0 Å². The van der Waals surface area contributed by atoms with Gasteiger partial charge >= 0.3 is 0 Å². The Bertz CT molecular complexity index is 337. The Labute approximate surface area is 110 Å². The second kappa shape index (κ2) is 6.91. The first kappa shape index (κ1) is 13.6. The molecule has 0 saturated heterocycles. The third-order valence-corrected chi connectivity index (χ3v) is 3.75. The molecule has 0 amide bonds. The summed E-state index contributed by atoms with van der Waals surface area (Å²) in [4.78, 5) is 0. The molecule has 1 fully saturated rings. The maximum Gasteiger partial charge on any atom is 0.102 e. The van der Waals surface area contributed by atoms with Gasteiger partial charge in [0.05, 0.1) is 12.7 Å². The molecule has 0 heterocycles. The number of hydrogen-bond acceptors (Lipinski definition) is 2. The smallest absolute Gasteiger partial charge is 0.102 e. The molecule has 1 N–H and O–H groups in total. The fourth-order valence-corrected chi connectivity index (χ4v) is 2.52. The number of hydrogen-bond donors (Lipinski definition) is 1. The second-order valence-electron chi connectivity index (χ2n) is 5.37. The van der Waals surface area contributed by atoms with Crippen LogP contribution in [0.3, 0.4) is 0 Å². The molecule has 1 saturated carbocycles. The Balaban J connectivity index is 1.80. The van der Waals surface area contributed by atoms with E-state index in [4.69, 9.17) is 4.74 Å². The monoisotopic (exact) mass is 248 g/mol. The van der Waals surface area contributed by atoms with Gasteiger partial charge in [-0.3, -0.25) is 0 Å². The molecule has 1 unspecified atom stereocenters. The van der Waals surface area contributed by atoms with E-state index in [0.29, 0.717) is 12.7 Å². The predicted octanol–water partition coefficient (Wildman–Crippen LogP) is 3.77. The van der Waals surface area contributed by atoms with Gasteiger partial charge in [-0.15, -0.1) is 0 Å². The summed E-state index contributed by atoms with van der Waals surface area (Å²) < 4.78 is 5.86. The minimum Gasteiger partial charge on any atom is -0.386 e. The lowest BCUT2D eigenvalue weighted by atomic mass is 10.1. The Hall–Kier alpha value is -0.860. The van der Waals surface area contributed by atoms with Crippen molar-refractivity contribution in [3.05, 3.63) is 35.4 Å². The molecule has 0 aromatic heterocycles. The van der Waals surface area contributed by atoms with Crippen molar-refractivity contribution in [3.63, 3.8) is 0 Å². The number of benzene rings is 1. The van der Waals surface area contributed by atoms with Crippen LogP contribution in [0.4, 0.5) is 0 Å². The van der Waals surface area contributed by atoms with E-state index in [1.165, 1.54) is 31.2 Å². The lowest BCUT2D eigenvalue weighted by Crippen LogP contribution is -2.16. The maximum absolute atomic E-state index is 10.1. The fourth-order valence-electron chi connectivity index (χ4n) is 2.52. The highest BCUT2D eigenvalue weighted by atomic mass is 16.5. The van der Waals surface area contributed by atoms with Crippen LogP contribution in [0.5, 0.6) is 0 Å². The van der Waals surface area contributed by atoms with Gasteiger partial charge in [0, 0.05) is 0 Å². The molecule has 2 rings (SSSR count). The lowest BCUT2D eigenvalue weighted by Gasteiger charge is -2.18. The highest BCUT2D eigenvalue weighted by Gasteiger charge is 2.15. The summed E-state index contributed by atoms with van der Waals surface area (Å²) in [6, 6.07) is 8.03. The number of rotatable bonds is 4. The van der Waals surface area contributed by atoms with Gasteiger partial charge in [-0.05, 0) is 25.3 Å². The van der Waals surface area contributed by atoms with E-state index < -0.39 is 6.10 Å². The Morgan fingerprint density at radius 3 is 2.33 bits per heavy atom. The van der Waals surface area contributed by atoms with E-state index >= 15 is 0 Å². The van der Waals surface area contributed by atoms with Crippen LogP contribution in [0.15, 0.2) is 24.3 Å². The van der Waals surface area contributed by atoms with E-state index in [1.54, 1.807) is 0 Å². The second-order valence-corrected chi connectivity index (χ2v) is 5.37. The summed E-state index contributed by atoms with van der Waals surface area (Å²) in [6.45, 7) is 2.48. The largest absolute Gasteiger partial charge is 0.386 e. The number of ether oxygens (including phenoxy) is 1. The van der Waals surface area contributed by atoms with E-state index in [1.807, 2.05) is 24.3 Å². The average molecular weight is 248 g/mol. The van der Waals surface area contributed by atoms with Crippen molar-refractivity contribution in [1.82, 2.24) is 0 Å². The van der Waals surface area contributed by atoms with Gasteiger partial charge in [-0.25, -0.2) is 0 Å². The third-order valence-electron chi connectivity index (χ3n) is 3.75. The van der Waals surface area contributed by atoms with Crippen LogP contribution in [0, 0.1) is 6.92 Å². The normalized spacial score (nSPS) is 19.4. The molecule has 2 nitrogen and oxygen atoms in total. The molecule has 1 atom stereocenters. The van der Waals surface area contributed by atoms with E-state index in [9.17, 15) is 5.11 Å². The molecule has 0 bridgehead atoms. The van der Waals surface area contributed by atoms with Gasteiger partial charge in [0.25, 0.3) is 0 Å². The molecule has 18 heavy (non-hydrogen) atoms. The van der Waals surface area contributed by atoms with E-state index in [0.717, 1.165) is 18.4 Å². The van der Waals surface area contributed by atoms with Crippen LogP contribution in [0.2, 0.25) is 0 Å². The van der Waals surface area contributed by atoms with Gasteiger partial charge in [0.1, 0.15) is 6.10 Å². The molecule has 2 heteroatoms. The highest BCUT2D eigenvalue weighted by molar-refractivity contribution is 5.23. The van der Waals surface area contributed by atoms with Crippen molar-refractivity contribution in [3.8, 4) is 0 Å². The molecule has 0 aliphatic heterocycles. The zero-order valence-electron chi connectivity index (χ0n) is 11.3. The predicted molar refractivity (Wildman–Crippen MR) is 73.6 cm³/mol. The topological polar surface area (TPSA) is 29.5 Å². The molecule has 0 radical (unpaired) electrons. The van der Waals surface area contributed by atoms with E-state index in [2.05, 4.69) is 6.92 Å². The van der Waals surface area contributed by atoms with Gasteiger partial charge < -0.3 is 9.84 Å². The summed E-state index contributed by atoms with van der Waals surface area (Å²) in [5, 5.41) is 10.1. The minimum atomic E-state index is -0.492. The Morgan fingerprint density at radius 2 is 1.72 bits per heavy atom. The van der Waals surface area contributed by atoms with Crippen molar-refractivity contribution in [1.29, 1.82) is 0 Å². The molecule has 1 aliphatic rings. The average Bonchev–Trinajstić information content (AvgIpc) is 2.65. The first-order valence-electron chi connectivity index (χ1n) is 7.12. The molecular formula is C16H24O2. The van der Waals surface area contributed by atoms with Crippen LogP contribution in [0.25, 0.3) is 0 Å². The van der Waals surface area contributed by atoms with Gasteiger partial charge in [-0.1, -0.05) is 55.5 Å². The summed E-state index contributed by atoms with van der Waals surface area (Å²) >= 11 is 0. The quantitative estimate of drug-likeness (QED) is 0.822. The van der Waals surface area contributed by atoms with Crippen molar-refractivity contribution < 1.29 is 9.84 Å². The van der Waals surface area contributed by atoms with Crippen LogP contribution in [0.1, 0.15) is 55.8 Å². The Kier molecular flexibility index (Phi) is 5.21. The lowest BCUT2D eigenvalue weighted by molar-refractivity contribution is -0.0159. The van der Waals surface area contributed by atoms with Gasteiger partial charge in [-0.2, -0.15) is 0 Å². The van der Waals surface area contributed by atoms with Crippen molar-refractivity contribution >= 4 is 0 Å². The Morgan fingerprint density at radius 1 is 1.11 bits per heavy atom. The highest BCUT2D eigenvalue weighted by Crippen LogP contribution is 2.22. The number of aryl methyl sites for hydroxylation is 1. The van der Waals surface area contributed by atoms with E-state index in [-0.39, 0.29) is 0 Å². The summed E-state index contributed by atoms with van der Waals surface area (Å²) in [6.07, 6.45) is 7.37. The zero-order valence-corrected chi connectivity index (χ0v) is 11.3. The summed E-state index contributed by atoms with van der Waals surface area (Å²) in [5.74, 6) is 0. The maximum atomic E-state index is 10.1. The minimum absolute atomic E-state index is 0.354. The van der Waals surface area contributed by atoms with Crippen LogP contribution < -0.4 is 0 Å². The van der Waals surface area contributed by atoms with Crippen LogP contribution in [-0.4, -0.2) is 17.8 Å². The molecule has 1 aromatic carbocycles. The van der Waals surface area contributed by atoms with Crippen LogP contribution in [-0.2, 0) is 4.74 Å². The van der Waals surface area contributed by atoms with Crippen molar-refractivity contribution in [2.24, 2.45) is 0 Å². The SMILES string of the molecule is Cc1ccc(C(O)COC2CCCCCC2)cc1. The first-order valence-corrected chi connectivity index (χ1v) is 7.12.